The summed E-state index contributed by atoms with van der Waals surface area (Å²) in [5.74, 6) is 0.566. The fourth-order valence-corrected chi connectivity index (χ4v) is 5.22. The molecule has 0 amide bonds. The Bertz CT molecular complexity index is 1380. The summed E-state index contributed by atoms with van der Waals surface area (Å²) in [4.78, 5) is 28.4. The highest BCUT2D eigenvalue weighted by atomic mass is 16.6. The Morgan fingerprint density at radius 1 is 0.973 bits per heavy atom. The molecule has 0 N–H and O–H groups in total. The normalized spacial score (nSPS) is 16.7. The zero-order valence-corrected chi connectivity index (χ0v) is 21.3. The number of hydrogen-bond donors (Lipinski definition) is 0. The molecule has 0 aliphatic carbocycles. The first-order chi connectivity index (χ1) is 17.9. The molecule has 7 heteroatoms. The van der Waals surface area contributed by atoms with Gasteiger partial charge in [-0.25, -0.2) is 4.79 Å². The Balaban J connectivity index is 1.66. The summed E-state index contributed by atoms with van der Waals surface area (Å²) >= 11 is 0. The lowest BCUT2D eigenvalue weighted by atomic mass is 9.77. The van der Waals surface area contributed by atoms with Crippen molar-refractivity contribution in [3.63, 3.8) is 0 Å². The van der Waals surface area contributed by atoms with Crippen LogP contribution in [0.4, 0.5) is 11.4 Å². The molecule has 0 saturated carbocycles. The molecule has 3 aromatic carbocycles. The first-order valence-electron chi connectivity index (χ1n) is 12.5. The molecular formula is C30H30N2O5. The SMILES string of the molecule is C=CN(CC)c1ccc2c(c1)Oc1cc(N(CC)CCOC(C)=O)ccc1C21OC(=O)c2ccccc21. The van der Waals surface area contributed by atoms with E-state index in [1.165, 1.54) is 6.92 Å². The standard InChI is InChI=1S/C30H30N2O5/c1-5-31(6-2)21-12-14-25-27(18-21)36-28-19-22(32(7-3)16-17-35-20(4)33)13-15-26(28)30(25)24-11-9-8-10-23(24)29(34)37-30/h5,8-15,18-19H,1,6-7,16-17H2,2-4H3. The number of benzene rings is 3. The Kier molecular flexibility index (Phi) is 6.38. The second kappa shape index (κ2) is 9.65. The van der Waals surface area contributed by atoms with Crippen LogP contribution in [0.25, 0.3) is 0 Å². The maximum absolute atomic E-state index is 13.1. The van der Waals surface area contributed by atoms with Gasteiger partial charge in [0.2, 0.25) is 0 Å². The highest BCUT2D eigenvalue weighted by Gasteiger charge is 2.53. The molecule has 0 radical (unpaired) electrons. The van der Waals surface area contributed by atoms with Crippen LogP contribution in [0.1, 0.15) is 47.8 Å². The quantitative estimate of drug-likeness (QED) is 0.374. The average Bonchev–Trinajstić information content (AvgIpc) is 3.20. The molecule has 0 bridgehead atoms. The van der Waals surface area contributed by atoms with E-state index in [0.717, 1.165) is 34.6 Å². The minimum Gasteiger partial charge on any atom is -0.464 e. The van der Waals surface area contributed by atoms with Crippen molar-refractivity contribution in [2.45, 2.75) is 26.4 Å². The fraction of sp³-hybridized carbons (Fsp3) is 0.267. The molecule has 2 heterocycles. The van der Waals surface area contributed by atoms with Crippen molar-refractivity contribution in [1.29, 1.82) is 0 Å². The fourth-order valence-electron chi connectivity index (χ4n) is 5.22. The van der Waals surface area contributed by atoms with Gasteiger partial charge in [-0.2, -0.15) is 0 Å². The maximum atomic E-state index is 13.1. The Labute approximate surface area is 216 Å². The summed E-state index contributed by atoms with van der Waals surface area (Å²) in [5, 5.41) is 0. The predicted molar refractivity (Wildman–Crippen MR) is 142 cm³/mol. The number of hydrogen-bond acceptors (Lipinski definition) is 7. The van der Waals surface area contributed by atoms with Crippen LogP contribution in [-0.2, 0) is 19.9 Å². The Morgan fingerprint density at radius 2 is 1.65 bits per heavy atom. The van der Waals surface area contributed by atoms with E-state index < -0.39 is 5.60 Å². The molecule has 1 unspecified atom stereocenters. The van der Waals surface area contributed by atoms with Gasteiger partial charge >= 0.3 is 11.9 Å². The van der Waals surface area contributed by atoms with Crippen molar-refractivity contribution in [2.75, 3.05) is 36.0 Å². The summed E-state index contributed by atoms with van der Waals surface area (Å²) in [7, 11) is 0. The molecule has 0 aromatic heterocycles. The third-order valence-corrected chi connectivity index (χ3v) is 6.99. The molecule has 190 valence electrons. The smallest absolute Gasteiger partial charge is 0.340 e. The van der Waals surface area contributed by atoms with Gasteiger partial charge in [0.15, 0.2) is 5.60 Å². The van der Waals surface area contributed by atoms with Gasteiger partial charge < -0.3 is 24.0 Å². The van der Waals surface area contributed by atoms with Crippen LogP contribution in [0.15, 0.2) is 73.4 Å². The molecule has 2 aliphatic heterocycles. The lowest BCUT2D eigenvalue weighted by Gasteiger charge is -2.37. The first kappa shape index (κ1) is 24.4. The number of carbonyl (C=O) groups excluding carboxylic acids is 2. The van der Waals surface area contributed by atoms with E-state index in [-0.39, 0.29) is 18.5 Å². The van der Waals surface area contributed by atoms with E-state index in [1.807, 2.05) is 66.4 Å². The van der Waals surface area contributed by atoms with Crippen LogP contribution >= 0.6 is 0 Å². The van der Waals surface area contributed by atoms with Crippen LogP contribution in [0, 0.1) is 0 Å². The minimum atomic E-state index is -1.12. The molecule has 37 heavy (non-hydrogen) atoms. The van der Waals surface area contributed by atoms with Crippen LogP contribution in [0.2, 0.25) is 0 Å². The zero-order chi connectivity index (χ0) is 26.2. The van der Waals surface area contributed by atoms with Crippen molar-refractivity contribution in [3.8, 4) is 11.5 Å². The number of likely N-dealkylation sites (N-methyl/N-ethyl adjacent to an activating group) is 1. The number of anilines is 2. The molecule has 5 rings (SSSR count). The van der Waals surface area contributed by atoms with E-state index in [4.69, 9.17) is 14.2 Å². The van der Waals surface area contributed by atoms with Crippen LogP contribution in [0.5, 0.6) is 11.5 Å². The van der Waals surface area contributed by atoms with Gasteiger partial charge in [0.25, 0.3) is 0 Å². The van der Waals surface area contributed by atoms with Crippen molar-refractivity contribution in [1.82, 2.24) is 0 Å². The van der Waals surface area contributed by atoms with E-state index in [1.54, 1.807) is 12.3 Å². The summed E-state index contributed by atoms with van der Waals surface area (Å²) in [6.07, 6.45) is 1.78. The second-order valence-electron chi connectivity index (χ2n) is 8.97. The number of nitrogens with zero attached hydrogens (tertiary/aromatic N) is 2. The number of ether oxygens (including phenoxy) is 3. The average molecular weight is 499 g/mol. The highest BCUT2D eigenvalue weighted by Crippen LogP contribution is 2.57. The number of carbonyl (C=O) groups is 2. The molecule has 2 aliphatic rings. The number of rotatable bonds is 8. The summed E-state index contributed by atoms with van der Waals surface area (Å²) < 4.78 is 17.9. The molecular weight excluding hydrogens is 468 g/mol. The third kappa shape index (κ3) is 4.00. The topological polar surface area (TPSA) is 68.3 Å². The lowest BCUT2D eigenvalue weighted by molar-refractivity contribution is -0.140. The van der Waals surface area contributed by atoms with Crippen LogP contribution in [0.3, 0.4) is 0 Å². The Morgan fingerprint density at radius 3 is 2.30 bits per heavy atom. The van der Waals surface area contributed by atoms with Gasteiger partial charge in [-0.3, -0.25) is 4.79 Å². The summed E-state index contributed by atoms with van der Waals surface area (Å²) in [6.45, 7) is 11.7. The van der Waals surface area contributed by atoms with Gasteiger partial charge in [-0.05, 0) is 50.4 Å². The van der Waals surface area contributed by atoms with Gasteiger partial charge in [0.05, 0.1) is 12.1 Å². The molecule has 1 atom stereocenters. The first-order valence-corrected chi connectivity index (χ1v) is 12.5. The summed E-state index contributed by atoms with van der Waals surface area (Å²) in [5.41, 5.74) is 3.62. The predicted octanol–water partition coefficient (Wildman–Crippen LogP) is 5.61. The van der Waals surface area contributed by atoms with Gasteiger partial charge in [-0.15, -0.1) is 0 Å². The zero-order valence-electron chi connectivity index (χ0n) is 21.3. The van der Waals surface area contributed by atoms with Crippen molar-refractivity contribution < 1.29 is 23.8 Å². The van der Waals surface area contributed by atoms with Gasteiger partial charge in [0.1, 0.15) is 18.1 Å². The second-order valence-corrected chi connectivity index (χ2v) is 8.97. The van der Waals surface area contributed by atoms with Crippen molar-refractivity contribution in [2.24, 2.45) is 0 Å². The van der Waals surface area contributed by atoms with Crippen molar-refractivity contribution in [3.05, 3.63) is 95.7 Å². The molecule has 7 nitrogen and oxygen atoms in total. The summed E-state index contributed by atoms with van der Waals surface area (Å²) in [6, 6.07) is 19.4. The minimum absolute atomic E-state index is 0.288. The van der Waals surface area contributed by atoms with E-state index >= 15 is 0 Å². The van der Waals surface area contributed by atoms with Crippen molar-refractivity contribution >= 4 is 23.3 Å². The lowest BCUT2D eigenvalue weighted by Crippen LogP contribution is -2.33. The van der Waals surface area contributed by atoms with Gasteiger partial charge in [-0.1, -0.05) is 24.8 Å². The van der Waals surface area contributed by atoms with E-state index in [9.17, 15) is 9.59 Å². The molecule has 3 aromatic rings. The van der Waals surface area contributed by atoms with Crippen LogP contribution in [-0.4, -0.2) is 38.2 Å². The Hall–Kier alpha value is -4.26. The number of esters is 2. The third-order valence-electron chi connectivity index (χ3n) is 6.99. The maximum Gasteiger partial charge on any atom is 0.340 e. The molecule has 1 spiro atoms. The highest BCUT2D eigenvalue weighted by molar-refractivity contribution is 5.97. The van der Waals surface area contributed by atoms with Crippen LogP contribution < -0.4 is 14.5 Å². The largest absolute Gasteiger partial charge is 0.464 e. The van der Waals surface area contributed by atoms with Gasteiger partial charge in [0, 0.05) is 60.2 Å². The molecule has 0 saturated heterocycles. The van der Waals surface area contributed by atoms with E-state index in [2.05, 4.69) is 18.4 Å². The van der Waals surface area contributed by atoms with E-state index in [0.29, 0.717) is 30.2 Å². The monoisotopic (exact) mass is 498 g/mol. The number of fused-ring (bicyclic) bond motifs is 6. The molecule has 0 fully saturated rings.